The van der Waals surface area contributed by atoms with Crippen LogP contribution in [0.25, 0.3) is 0 Å². The first-order valence-corrected chi connectivity index (χ1v) is 8.20. The van der Waals surface area contributed by atoms with Gasteiger partial charge in [0.2, 0.25) is 0 Å². The van der Waals surface area contributed by atoms with Crippen LogP contribution < -0.4 is 5.73 Å². The van der Waals surface area contributed by atoms with Crippen molar-refractivity contribution in [2.75, 3.05) is 19.3 Å². The van der Waals surface area contributed by atoms with Gasteiger partial charge in [-0.15, -0.1) is 0 Å². The van der Waals surface area contributed by atoms with E-state index < -0.39 is 0 Å². The summed E-state index contributed by atoms with van der Waals surface area (Å²) in [5, 5.41) is 0. The van der Waals surface area contributed by atoms with Crippen molar-refractivity contribution in [2.24, 2.45) is 0 Å². The van der Waals surface area contributed by atoms with Crippen molar-refractivity contribution >= 4 is 5.69 Å². The van der Waals surface area contributed by atoms with E-state index in [1.807, 2.05) is 12.1 Å². The van der Waals surface area contributed by atoms with Gasteiger partial charge >= 0.3 is 0 Å². The molecule has 0 saturated carbocycles. The highest BCUT2D eigenvalue weighted by Gasteiger charge is 2.11. The maximum absolute atomic E-state index is 5.86. The zero-order chi connectivity index (χ0) is 14.8. The minimum Gasteiger partial charge on any atom is -0.399 e. The van der Waals surface area contributed by atoms with Gasteiger partial charge in [-0.05, 0) is 44.6 Å². The van der Waals surface area contributed by atoms with E-state index in [1.165, 1.54) is 57.1 Å². The molecule has 1 unspecified atom stereocenters. The van der Waals surface area contributed by atoms with Crippen LogP contribution >= 0.6 is 0 Å². The number of nitrogens with zero attached hydrogens (tertiary/aromatic N) is 1. The van der Waals surface area contributed by atoms with Gasteiger partial charge < -0.3 is 5.73 Å². The molecule has 0 spiro atoms. The van der Waals surface area contributed by atoms with Crippen LogP contribution in [0, 0.1) is 0 Å². The lowest BCUT2D eigenvalue weighted by Gasteiger charge is -2.25. The van der Waals surface area contributed by atoms with Gasteiger partial charge in [0.05, 0.1) is 0 Å². The summed E-state index contributed by atoms with van der Waals surface area (Å²) in [6, 6.07) is 8.70. The Morgan fingerprint density at radius 3 is 2.35 bits per heavy atom. The average molecular weight is 276 g/mol. The second kappa shape index (κ2) is 9.82. The Bertz CT molecular complexity index is 362. The smallest absolute Gasteiger partial charge is 0.0317 e. The minimum absolute atomic E-state index is 0.443. The molecule has 0 heterocycles. The molecule has 114 valence electrons. The highest BCUT2D eigenvalue weighted by Crippen LogP contribution is 2.21. The zero-order valence-electron chi connectivity index (χ0n) is 13.6. The molecule has 0 bridgehead atoms. The van der Waals surface area contributed by atoms with Crippen molar-refractivity contribution in [3.63, 3.8) is 0 Å². The minimum atomic E-state index is 0.443. The van der Waals surface area contributed by atoms with Gasteiger partial charge in [-0.3, -0.25) is 4.90 Å². The molecule has 2 N–H and O–H groups in total. The summed E-state index contributed by atoms with van der Waals surface area (Å²) in [5.41, 5.74) is 8.03. The third kappa shape index (κ3) is 6.42. The molecule has 0 aliphatic heterocycles. The molecule has 1 aromatic rings. The average Bonchev–Trinajstić information content (AvgIpc) is 2.45. The lowest BCUT2D eigenvalue weighted by atomic mass is 10.1. The number of nitrogens with two attached hydrogens (primary N) is 1. The van der Waals surface area contributed by atoms with E-state index in [0.29, 0.717) is 6.04 Å². The van der Waals surface area contributed by atoms with Crippen LogP contribution in [0.1, 0.15) is 70.4 Å². The predicted octanol–water partition coefficient (Wildman–Crippen LogP) is 5.01. The second-order valence-corrected chi connectivity index (χ2v) is 5.95. The van der Waals surface area contributed by atoms with Crippen molar-refractivity contribution in [3.05, 3.63) is 29.8 Å². The quantitative estimate of drug-likeness (QED) is 0.480. The topological polar surface area (TPSA) is 29.3 Å². The monoisotopic (exact) mass is 276 g/mol. The third-order valence-corrected chi connectivity index (χ3v) is 4.17. The molecule has 0 aromatic heterocycles. The molecule has 20 heavy (non-hydrogen) atoms. The van der Waals surface area contributed by atoms with Crippen LogP contribution in [0.15, 0.2) is 24.3 Å². The van der Waals surface area contributed by atoms with E-state index in [4.69, 9.17) is 5.73 Å². The van der Waals surface area contributed by atoms with Gasteiger partial charge in [0.25, 0.3) is 0 Å². The molecule has 1 atom stereocenters. The molecular formula is C18H32N2. The van der Waals surface area contributed by atoms with Gasteiger partial charge in [-0.1, -0.05) is 57.6 Å². The lowest BCUT2D eigenvalue weighted by Crippen LogP contribution is -2.23. The Morgan fingerprint density at radius 2 is 1.70 bits per heavy atom. The Kier molecular flexibility index (Phi) is 8.36. The van der Waals surface area contributed by atoms with Crippen LogP contribution in [0.3, 0.4) is 0 Å². The van der Waals surface area contributed by atoms with Crippen LogP contribution in [0.5, 0.6) is 0 Å². The summed E-state index contributed by atoms with van der Waals surface area (Å²) in [5.74, 6) is 0. The maximum Gasteiger partial charge on any atom is 0.0317 e. The van der Waals surface area contributed by atoms with Gasteiger partial charge in [-0.25, -0.2) is 0 Å². The number of hydrogen-bond acceptors (Lipinski definition) is 2. The Balaban J connectivity index is 2.20. The second-order valence-electron chi connectivity index (χ2n) is 5.95. The largest absolute Gasteiger partial charge is 0.399 e. The van der Waals surface area contributed by atoms with Crippen LogP contribution in [0.2, 0.25) is 0 Å². The number of rotatable bonds is 10. The van der Waals surface area contributed by atoms with E-state index >= 15 is 0 Å². The van der Waals surface area contributed by atoms with E-state index in [-0.39, 0.29) is 0 Å². The molecule has 1 aromatic carbocycles. The molecule has 2 heteroatoms. The number of nitrogen functional groups attached to an aromatic ring is 1. The van der Waals surface area contributed by atoms with Crippen molar-refractivity contribution < 1.29 is 0 Å². The Hall–Kier alpha value is -1.02. The summed E-state index contributed by atoms with van der Waals surface area (Å²) in [6.45, 7) is 5.70. The molecule has 0 aliphatic carbocycles. The van der Waals surface area contributed by atoms with E-state index in [0.717, 1.165) is 5.69 Å². The summed E-state index contributed by atoms with van der Waals surface area (Å²) >= 11 is 0. The highest BCUT2D eigenvalue weighted by atomic mass is 15.1. The van der Waals surface area contributed by atoms with E-state index in [2.05, 4.69) is 37.9 Å². The fourth-order valence-electron chi connectivity index (χ4n) is 2.59. The number of anilines is 1. The van der Waals surface area contributed by atoms with Crippen LogP contribution in [-0.2, 0) is 0 Å². The van der Waals surface area contributed by atoms with Gasteiger partial charge in [0.1, 0.15) is 0 Å². The van der Waals surface area contributed by atoms with Crippen molar-refractivity contribution in [1.29, 1.82) is 0 Å². The standard InChI is InChI=1S/C18H32N2/c1-4-5-6-7-8-9-10-14-20(3)16(2)17-12-11-13-18(19)15-17/h11-13,15-16H,4-10,14,19H2,1-3H3. The number of hydrogen-bond donors (Lipinski definition) is 1. The molecule has 0 aliphatic rings. The fraction of sp³-hybridized carbons (Fsp3) is 0.667. The summed E-state index contributed by atoms with van der Waals surface area (Å²) in [6.07, 6.45) is 9.59. The Morgan fingerprint density at radius 1 is 1.05 bits per heavy atom. The molecule has 2 nitrogen and oxygen atoms in total. The molecule has 0 radical (unpaired) electrons. The first-order valence-electron chi connectivity index (χ1n) is 8.20. The molecular weight excluding hydrogens is 244 g/mol. The first-order chi connectivity index (χ1) is 9.65. The first kappa shape index (κ1) is 17.0. The predicted molar refractivity (Wildman–Crippen MR) is 89.9 cm³/mol. The van der Waals surface area contributed by atoms with Crippen LogP contribution in [0.4, 0.5) is 5.69 Å². The number of benzene rings is 1. The molecule has 0 amide bonds. The summed E-state index contributed by atoms with van der Waals surface area (Å²) < 4.78 is 0. The maximum atomic E-state index is 5.86. The summed E-state index contributed by atoms with van der Waals surface area (Å²) in [7, 11) is 2.21. The SMILES string of the molecule is CCCCCCCCCN(C)C(C)c1cccc(N)c1. The van der Waals surface area contributed by atoms with Crippen LogP contribution in [-0.4, -0.2) is 18.5 Å². The highest BCUT2D eigenvalue weighted by molar-refractivity contribution is 5.41. The number of unbranched alkanes of at least 4 members (excludes halogenated alkanes) is 6. The van der Waals surface area contributed by atoms with Crippen molar-refractivity contribution in [2.45, 2.75) is 64.8 Å². The van der Waals surface area contributed by atoms with Crippen molar-refractivity contribution in [3.8, 4) is 0 Å². The van der Waals surface area contributed by atoms with Gasteiger partial charge in [0.15, 0.2) is 0 Å². The molecule has 1 rings (SSSR count). The molecule has 0 saturated heterocycles. The lowest BCUT2D eigenvalue weighted by molar-refractivity contribution is 0.255. The van der Waals surface area contributed by atoms with Gasteiger partial charge in [0, 0.05) is 11.7 Å². The van der Waals surface area contributed by atoms with E-state index in [9.17, 15) is 0 Å². The molecule has 0 fully saturated rings. The normalized spacial score (nSPS) is 12.8. The third-order valence-electron chi connectivity index (χ3n) is 4.17. The fourth-order valence-corrected chi connectivity index (χ4v) is 2.59. The van der Waals surface area contributed by atoms with E-state index in [1.54, 1.807) is 0 Å². The van der Waals surface area contributed by atoms with Gasteiger partial charge in [-0.2, -0.15) is 0 Å². The zero-order valence-corrected chi connectivity index (χ0v) is 13.6. The van der Waals surface area contributed by atoms with Crippen molar-refractivity contribution in [1.82, 2.24) is 4.90 Å². The summed E-state index contributed by atoms with van der Waals surface area (Å²) in [4.78, 5) is 2.43. The Labute approximate surface area is 125 Å².